The van der Waals surface area contributed by atoms with Gasteiger partial charge in [-0.3, -0.25) is 14.5 Å². The van der Waals surface area contributed by atoms with Crippen LogP contribution in [-0.2, 0) is 19.1 Å². The van der Waals surface area contributed by atoms with Crippen molar-refractivity contribution in [3.05, 3.63) is 46.4 Å². The standard InChI is InChI=1S/C25H28BrNO7/c1-24(2,3)33-20(28)13-27-16-12-15(26)10-11-17(16)32-19-9-7-8-18(22(19)23(27)30)31-14-21(29)34-25(4,5)6/h7-12H,13-14H2,1-6H3. The Labute approximate surface area is 207 Å². The zero-order valence-electron chi connectivity index (χ0n) is 20.1. The van der Waals surface area contributed by atoms with Crippen LogP contribution < -0.4 is 14.4 Å². The van der Waals surface area contributed by atoms with Crippen molar-refractivity contribution >= 4 is 39.5 Å². The van der Waals surface area contributed by atoms with Crippen molar-refractivity contribution in [3.8, 4) is 17.2 Å². The van der Waals surface area contributed by atoms with Gasteiger partial charge in [-0.2, -0.15) is 0 Å². The maximum atomic E-state index is 13.7. The Bertz CT molecular complexity index is 1120. The number of hydrogen-bond acceptors (Lipinski definition) is 7. The van der Waals surface area contributed by atoms with Gasteiger partial charge >= 0.3 is 11.9 Å². The van der Waals surface area contributed by atoms with Crippen LogP contribution in [0.1, 0.15) is 51.9 Å². The first-order chi connectivity index (χ1) is 15.7. The maximum absolute atomic E-state index is 13.7. The van der Waals surface area contributed by atoms with Crippen molar-refractivity contribution < 1.29 is 33.3 Å². The average Bonchev–Trinajstić information content (AvgIpc) is 2.79. The molecule has 0 fully saturated rings. The molecule has 2 aromatic rings. The molecule has 0 aliphatic carbocycles. The maximum Gasteiger partial charge on any atom is 0.344 e. The van der Waals surface area contributed by atoms with Gasteiger partial charge < -0.3 is 18.9 Å². The van der Waals surface area contributed by atoms with Gasteiger partial charge in [0.2, 0.25) is 0 Å². The molecular formula is C25H28BrNO7. The first-order valence-corrected chi connectivity index (χ1v) is 11.5. The van der Waals surface area contributed by atoms with Crippen LogP contribution in [0.4, 0.5) is 5.69 Å². The summed E-state index contributed by atoms with van der Waals surface area (Å²) in [6.45, 7) is 9.76. The topological polar surface area (TPSA) is 91.4 Å². The van der Waals surface area contributed by atoms with E-state index in [9.17, 15) is 14.4 Å². The number of benzene rings is 2. The van der Waals surface area contributed by atoms with Gasteiger partial charge in [0.1, 0.15) is 34.8 Å². The van der Waals surface area contributed by atoms with E-state index in [0.29, 0.717) is 15.9 Å². The Morgan fingerprint density at radius 3 is 2.24 bits per heavy atom. The van der Waals surface area contributed by atoms with Crippen molar-refractivity contribution in [1.29, 1.82) is 0 Å². The smallest absolute Gasteiger partial charge is 0.344 e. The quantitative estimate of drug-likeness (QED) is 0.483. The summed E-state index contributed by atoms with van der Waals surface area (Å²) in [5.74, 6) is -0.940. The number of rotatable bonds is 5. The SMILES string of the molecule is CC(C)(C)OC(=O)COc1cccc2c1C(=O)N(CC(=O)OC(C)(C)C)c1cc(Br)ccc1O2. The minimum atomic E-state index is -0.720. The highest BCUT2D eigenvalue weighted by Crippen LogP contribution is 2.43. The Hall–Kier alpha value is -3.07. The summed E-state index contributed by atoms with van der Waals surface area (Å²) in [5.41, 5.74) is -0.921. The highest BCUT2D eigenvalue weighted by atomic mass is 79.9. The average molecular weight is 534 g/mol. The van der Waals surface area contributed by atoms with Gasteiger partial charge in [-0.1, -0.05) is 22.0 Å². The highest BCUT2D eigenvalue weighted by molar-refractivity contribution is 9.10. The molecule has 3 rings (SSSR count). The molecule has 0 saturated carbocycles. The minimum Gasteiger partial charge on any atom is -0.481 e. The van der Waals surface area contributed by atoms with E-state index in [-0.39, 0.29) is 23.6 Å². The highest BCUT2D eigenvalue weighted by Gasteiger charge is 2.34. The number of amides is 1. The van der Waals surface area contributed by atoms with Crippen LogP contribution in [0.3, 0.4) is 0 Å². The van der Waals surface area contributed by atoms with Crippen molar-refractivity contribution in [2.45, 2.75) is 52.7 Å². The molecule has 0 atom stereocenters. The molecule has 2 aromatic carbocycles. The van der Waals surface area contributed by atoms with Gasteiger partial charge in [0.25, 0.3) is 5.91 Å². The van der Waals surface area contributed by atoms with Gasteiger partial charge in [-0.15, -0.1) is 0 Å². The van der Waals surface area contributed by atoms with Gasteiger partial charge in [0.05, 0.1) is 5.69 Å². The first kappa shape index (κ1) is 25.6. The Balaban J connectivity index is 1.98. The van der Waals surface area contributed by atoms with Gasteiger partial charge in [-0.05, 0) is 71.9 Å². The van der Waals surface area contributed by atoms with Gasteiger partial charge in [0, 0.05) is 4.47 Å². The summed E-state index contributed by atoms with van der Waals surface area (Å²) >= 11 is 3.41. The van der Waals surface area contributed by atoms with Crippen molar-refractivity contribution in [1.82, 2.24) is 0 Å². The van der Waals surface area contributed by atoms with E-state index in [1.165, 1.54) is 4.90 Å². The lowest BCUT2D eigenvalue weighted by Crippen LogP contribution is -2.38. The van der Waals surface area contributed by atoms with E-state index in [1.807, 2.05) is 0 Å². The van der Waals surface area contributed by atoms with Crippen molar-refractivity contribution in [2.24, 2.45) is 0 Å². The summed E-state index contributed by atoms with van der Waals surface area (Å²) in [7, 11) is 0. The zero-order valence-corrected chi connectivity index (χ0v) is 21.6. The van der Waals surface area contributed by atoms with Gasteiger partial charge in [-0.25, -0.2) is 4.79 Å². The van der Waals surface area contributed by atoms with Crippen LogP contribution in [0.5, 0.6) is 17.2 Å². The lowest BCUT2D eigenvalue weighted by atomic mass is 10.1. The second-order valence-corrected chi connectivity index (χ2v) is 10.6. The summed E-state index contributed by atoms with van der Waals surface area (Å²) in [6.07, 6.45) is 0. The number of carbonyl (C=O) groups is 3. The summed E-state index contributed by atoms with van der Waals surface area (Å²) in [6, 6.07) is 9.97. The van der Waals surface area contributed by atoms with Crippen LogP contribution in [0.25, 0.3) is 0 Å². The zero-order chi connectivity index (χ0) is 25.3. The second-order valence-electron chi connectivity index (χ2n) is 9.70. The number of nitrogens with zero attached hydrogens (tertiary/aromatic N) is 1. The first-order valence-electron chi connectivity index (χ1n) is 10.7. The third-order valence-electron chi connectivity index (χ3n) is 4.35. The molecule has 1 aliphatic heterocycles. The number of anilines is 1. The molecule has 0 saturated heterocycles. The molecule has 0 radical (unpaired) electrons. The third-order valence-corrected chi connectivity index (χ3v) is 4.84. The van der Waals surface area contributed by atoms with Gasteiger partial charge in [0.15, 0.2) is 12.4 Å². The molecule has 34 heavy (non-hydrogen) atoms. The fourth-order valence-electron chi connectivity index (χ4n) is 3.25. The van der Waals surface area contributed by atoms with E-state index in [1.54, 1.807) is 77.9 Å². The predicted molar refractivity (Wildman–Crippen MR) is 130 cm³/mol. The number of hydrogen-bond donors (Lipinski definition) is 0. The van der Waals surface area contributed by atoms with Crippen molar-refractivity contribution in [2.75, 3.05) is 18.1 Å². The van der Waals surface area contributed by atoms with Crippen LogP contribution in [0, 0.1) is 0 Å². The molecule has 182 valence electrons. The fourth-order valence-corrected chi connectivity index (χ4v) is 3.59. The molecule has 0 spiro atoms. The van der Waals surface area contributed by atoms with E-state index in [4.69, 9.17) is 18.9 Å². The number of carbonyl (C=O) groups excluding carboxylic acids is 3. The van der Waals surface area contributed by atoms with E-state index >= 15 is 0 Å². The number of halogens is 1. The number of esters is 2. The molecule has 1 heterocycles. The Morgan fingerprint density at radius 2 is 1.59 bits per heavy atom. The van der Waals surface area contributed by atoms with Crippen LogP contribution >= 0.6 is 15.9 Å². The molecule has 0 N–H and O–H groups in total. The van der Waals surface area contributed by atoms with Crippen LogP contribution in [0.2, 0.25) is 0 Å². The lowest BCUT2D eigenvalue weighted by Gasteiger charge is -2.25. The molecule has 0 bridgehead atoms. The molecule has 0 aromatic heterocycles. The van der Waals surface area contributed by atoms with E-state index in [0.717, 1.165) is 0 Å². The number of fused-ring (bicyclic) bond motifs is 2. The normalized spacial score (nSPS) is 13.3. The summed E-state index contributed by atoms with van der Waals surface area (Å²) in [4.78, 5) is 39.8. The summed E-state index contributed by atoms with van der Waals surface area (Å²) < 4.78 is 23.1. The minimum absolute atomic E-state index is 0.0851. The Morgan fingerprint density at radius 1 is 0.941 bits per heavy atom. The largest absolute Gasteiger partial charge is 0.481 e. The van der Waals surface area contributed by atoms with E-state index in [2.05, 4.69) is 15.9 Å². The van der Waals surface area contributed by atoms with Crippen LogP contribution in [-0.4, -0.2) is 42.2 Å². The van der Waals surface area contributed by atoms with Crippen molar-refractivity contribution in [3.63, 3.8) is 0 Å². The monoisotopic (exact) mass is 533 g/mol. The molecule has 1 aliphatic rings. The predicted octanol–water partition coefficient (Wildman–Crippen LogP) is 5.26. The van der Waals surface area contributed by atoms with Crippen LogP contribution in [0.15, 0.2) is 40.9 Å². The lowest BCUT2D eigenvalue weighted by molar-refractivity contribution is -0.157. The molecule has 9 heteroatoms. The second kappa shape index (κ2) is 9.66. The fraction of sp³-hybridized carbons (Fsp3) is 0.400. The third kappa shape index (κ3) is 6.50. The Kier molecular flexibility index (Phi) is 7.26. The molecule has 1 amide bonds. The van der Waals surface area contributed by atoms with E-state index < -0.39 is 35.7 Å². The molecule has 8 nitrogen and oxygen atoms in total. The summed E-state index contributed by atoms with van der Waals surface area (Å²) in [5, 5.41) is 0. The number of ether oxygens (including phenoxy) is 4. The molecule has 0 unspecified atom stereocenters. The molecular weight excluding hydrogens is 506 g/mol.